The third-order valence-corrected chi connectivity index (χ3v) is 9.35. The van der Waals surface area contributed by atoms with E-state index in [9.17, 15) is 0 Å². The van der Waals surface area contributed by atoms with Crippen LogP contribution in [0.4, 0.5) is 0 Å². The van der Waals surface area contributed by atoms with E-state index in [2.05, 4.69) is 84.9 Å². The Morgan fingerprint density at radius 2 is 0.700 bits per heavy atom. The van der Waals surface area contributed by atoms with Gasteiger partial charge in [0.15, 0.2) is 17.5 Å². The fourth-order valence-electron chi connectivity index (χ4n) is 7.00. The van der Waals surface area contributed by atoms with Crippen LogP contribution in [0.25, 0.3) is 100 Å². The number of fused-ring (bicyclic) bond motifs is 6. The van der Waals surface area contributed by atoms with Crippen molar-refractivity contribution < 1.29 is 8.83 Å². The van der Waals surface area contributed by atoms with Crippen molar-refractivity contribution in [2.75, 3.05) is 0 Å². The van der Waals surface area contributed by atoms with Crippen LogP contribution in [-0.4, -0.2) is 15.0 Å². The highest BCUT2D eigenvalue weighted by atomic mass is 16.3. The Balaban J connectivity index is 1.13. The molecule has 5 heteroatoms. The molecule has 234 valence electrons. The summed E-state index contributed by atoms with van der Waals surface area (Å²) in [7, 11) is 0. The Morgan fingerprint density at radius 3 is 1.14 bits per heavy atom. The molecule has 0 fully saturated rings. The summed E-state index contributed by atoms with van der Waals surface area (Å²) in [4.78, 5) is 15.0. The standard InChI is InChI=1S/C45H27N3O2/c1-4-12-28(13-5-1)33-18-10-20-37-41(33)35-24-22-31(26-39(35)49-37)44-46-43(30-16-8-3-9-17-30)47-45(48-44)32-23-25-36-40(27-32)50-38-21-11-19-34(42(36)38)29-14-6-2-7-15-29/h1-27H. The predicted molar refractivity (Wildman–Crippen MR) is 202 cm³/mol. The maximum Gasteiger partial charge on any atom is 0.164 e. The van der Waals surface area contributed by atoms with Crippen molar-refractivity contribution in [3.8, 4) is 56.4 Å². The van der Waals surface area contributed by atoms with Gasteiger partial charge in [-0.3, -0.25) is 0 Å². The second-order valence-corrected chi connectivity index (χ2v) is 12.4. The largest absolute Gasteiger partial charge is 0.456 e. The van der Waals surface area contributed by atoms with Crippen molar-refractivity contribution in [3.63, 3.8) is 0 Å². The molecule has 0 atom stereocenters. The summed E-state index contributed by atoms with van der Waals surface area (Å²) in [5, 5.41) is 4.28. The minimum Gasteiger partial charge on any atom is -0.456 e. The first kappa shape index (κ1) is 28.2. The summed E-state index contributed by atoms with van der Waals surface area (Å²) >= 11 is 0. The van der Waals surface area contributed by atoms with Gasteiger partial charge >= 0.3 is 0 Å². The Labute approximate surface area is 287 Å². The van der Waals surface area contributed by atoms with E-state index < -0.39 is 0 Å². The van der Waals surface area contributed by atoms with Gasteiger partial charge in [-0.1, -0.05) is 127 Å². The third kappa shape index (κ3) is 4.67. The molecule has 0 N–H and O–H groups in total. The fraction of sp³-hybridized carbons (Fsp3) is 0. The molecular weight excluding hydrogens is 615 g/mol. The summed E-state index contributed by atoms with van der Waals surface area (Å²) in [6, 6.07) is 55.7. The van der Waals surface area contributed by atoms with Crippen molar-refractivity contribution in [2.24, 2.45) is 0 Å². The molecule has 7 aromatic carbocycles. The summed E-state index contributed by atoms with van der Waals surface area (Å²) in [5.74, 6) is 1.73. The monoisotopic (exact) mass is 641 g/mol. The molecular formula is C45H27N3O2. The van der Waals surface area contributed by atoms with Gasteiger partial charge < -0.3 is 8.83 Å². The summed E-state index contributed by atoms with van der Waals surface area (Å²) < 4.78 is 12.9. The lowest BCUT2D eigenvalue weighted by Crippen LogP contribution is -2.00. The summed E-state index contributed by atoms with van der Waals surface area (Å²) in [6.45, 7) is 0. The Bertz CT molecular complexity index is 2680. The highest BCUT2D eigenvalue weighted by Crippen LogP contribution is 2.40. The quantitative estimate of drug-likeness (QED) is 0.187. The van der Waals surface area contributed by atoms with Gasteiger partial charge in [0, 0.05) is 38.2 Å². The molecule has 50 heavy (non-hydrogen) atoms. The van der Waals surface area contributed by atoms with Crippen LogP contribution >= 0.6 is 0 Å². The molecule has 10 rings (SSSR count). The summed E-state index contributed by atoms with van der Waals surface area (Å²) in [5.41, 5.74) is 10.4. The molecule has 10 aromatic rings. The minimum atomic E-state index is 0.565. The van der Waals surface area contributed by atoms with Crippen LogP contribution in [0.5, 0.6) is 0 Å². The molecule has 0 bridgehead atoms. The molecule has 0 radical (unpaired) electrons. The predicted octanol–water partition coefficient (Wildman–Crippen LogP) is 12.0. The third-order valence-electron chi connectivity index (χ3n) is 9.35. The van der Waals surface area contributed by atoms with Gasteiger partial charge in [-0.25, -0.2) is 15.0 Å². The molecule has 0 aliphatic rings. The van der Waals surface area contributed by atoms with Gasteiger partial charge in [-0.2, -0.15) is 0 Å². The second kappa shape index (κ2) is 11.4. The molecule has 5 nitrogen and oxygen atoms in total. The first-order chi connectivity index (χ1) is 24.8. The first-order valence-corrected chi connectivity index (χ1v) is 16.6. The zero-order chi connectivity index (χ0) is 33.0. The first-order valence-electron chi connectivity index (χ1n) is 16.6. The van der Waals surface area contributed by atoms with Crippen LogP contribution in [0.3, 0.4) is 0 Å². The maximum absolute atomic E-state index is 6.44. The van der Waals surface area contributed by atoms with E-state index >= 15 is 0 Å². The van der Waals surface area contributed by atoms with E-state index in [1.54, 1.807) is 0 Å². The molecule has 0 aliphatic carbocycles. The Morgan fingerprint density at radius 1 is 0.300 bits per heavy atom. The molecule has 0 spiro atoms. The highest BCUT2D eigenvalue weighted by molar-refractivity contribution is 6.14. The number of furan rings is 2. The van der Waals surface area contributed by atoms with Gasteiger partial charge in [-0.15, -0.1) is 0 Å². The van der Waals surface area contributed by atoms with Crippen LogP contribution in [0.1, 0.15) is 0 Å². The molecule has 0 saturated heterocycles. The van der Waals surface area contributed by atoms with Gasteiger partial charge in [-0.05, 0) is 58.7 Å². The average Bonchev–Trinajstić information content (AvgIpc) is 3.76. The van der Waals surface area contributed by atoms with Crippen LogP contribution in [-0.2, 0) is 0 Å². The van der Waals surface area contributed by atoms with Crippen molar-refractivity contribution in [1.29, 1.82) is 0 Å². The van der Waals surface area contributed by atoms with Crippen LogP contribution < -0.4 is 0 Å². The van der Waals surface area contributed by atoms with Gasteiger partial charge in [0.1, 0.15) is 22.3 Å². The fourth-order valence-corrected chi connectivity index (χ4v) is 7.00. The second-order valence-electron chi connectivity index (χ2n) is 12.4. The number of hydrogen-bond donors (Lipinski definition) is 0. The SMILES string of the molecule is c1ccc(-c2nc(-c3ccc4c(c3)oc3cccc(-c5ccccc5)c34)nc(-c3ccc4c(c3)oc3cccc(-c5ccccc5)c34)n2)cc1. The lowest BCUT2D eigenvalue weighted by atomic mass is 9.99. The van der Waals surface area contributed by atoms with E-state index in [4.69, 9.17) is 23.8 Å². The normalized spacial score (nSPS) is 11.6. The van der Waals surface area contributed by atoms with Crippen molar-refractivity contribution in [2.45, 2.75) is 0 Å². The molecule has 3 aromatic heterocycles. The Hall–Kier alpha value is -6.85. The molecule has 3 heterocycles. The number of nitrogens with zero attached hydrogens (tertiary/aromatic N) is 3. The number of aromatic nitrogens is 3. The van der Waals surface area contributed by atoms with E-state index in [1.807, 2.05) is 78.9 Å². The lowest BCUT2D eigenvalue weighted by molar-refractivity contribution is 0.669. The zero-order valence-corrected chi connectivity index (χ0v) is 26.7. The highest BCUT2D eigenvalue weighted by Gasteiger charge is 2.18. The molecule has 0 unspecified atom stereocenters. The lowest BCUT2D eigenvalue weighted by Gasteiger charge is -2.09. The number of benzene rings is 7. The van der Waals surface area contributed by atoms with Crippen LogP contribution in [0.15, 0.2) is 173 Å². The average molecular weight is 642 g/mol. The van der Waals surface area contributed by atoms with Crippen LogP contribution in [0.2, 0.25) is 0 Å². The van der Waals surface area contributed by atoms with E-state index in [0.717, 1.165) is 82.8 Å². The van der Waals surface area contributed by atoms with Crippen molar-refractivity contribution in [3.05, 3.63) is 164 Å². The topological polar surface area (TPSA) is 65.0 Å². The van der Waals surface area contributed by atoms with Crippen LogP contribution in [0, 0.1) is 0 Å². The van der Waals surface area contributed by atoms with E-state index in [-0.39, 0.29) is 0 Å². The molecule has 0 aliphatic heterocycles. The van der Waals surface area contributed by atoms with E-state index in [0.29, 0.717) is 17.5 Å². The van der Waals surface area contributed by atoms with Gasteiger partial charge in [0.25, 0.3) is 0 Å². The van der Waals surface area contributed by atoms with Gasteiger partial charge in [0.2, 0.25) is 0 Å². The van der Waals surface area contributed by atoms with Gasteiger partial charge in [0.05, 0.1) is 0 Å². The Kier molecular flexibility index (Phi) is 6.42. The maximum atomic E-state index is 6.44. The minimum absolute atomic E-state index is 0.565. The molecule has 0 amide bonds. The van der Waals surface area contributed by atoms with Crippen molar-refractivity contribution in [1.82, 2.24) is 15.0 Å². The smallest absolute Gasteiger partial charge is 0.164 e. The zero-order valence-electron chi connectivity index (χ0n) is 26.7. The van der Waals surface area contributed by atoms with E-state index in [1.165, 1.54) is 0 Å². The summed E-state index contributed by atoms with van der Waals surface area (Å²) in [6.07, 6.45) is 0. The molecule has 0 saturated carbocycles. The number of rotatable bonds is 5. The number of hydrogen-bond acceptors (Lipinski definition) is 5. The van der Waals surface area contributed by atoms with Crippen molar-refractivity contribution >= 4 is 43.9 Å².